The summed E-state index contributed by atoms with van der Waals surface area (Å²) in [5, 5.41) is 9.92. The number of esters is 1. The number of hydrogen-bond acceptors (Lipinski definition) is 8. The summed E-state index contributed by atoms with van der Waals surface area (Å²) in [6, 6.07) is 15.6. The Morgan fingerprint density at radius 1 is 1.08 bits per heavy atom. The second-order valence-corrected chi connectivity index (χ2v) is 15.6. The Hall–Kier alpha value is -3.48. The van der Waals surface area contributed by atoms with E-state index in [0.717, 1.165) is 92.3 Å². The zero-order valence-electron chi connectivity index (χ0n) is 28.9. The monoisotopic (exact) mass is 721 g/mol. The SMILES string of the molecule is CCOC(=O)[C@@H](OC(C)(C)C)c1c(C)cc2nc(-c3ccc4c(c3)c(C3CCN(C5CNC5)CC3)nn4C(F)F)sc2c1-c1ccc(Cl)cc1. The molecule has 0 aliphatic carbocycles. The number of ether oxygens (including phenoxy) is 2. The fourth-order valence-corrected chi connectivity index (χ4v) is 8.44. The Labute approximate surface area is 299 Å². The first kappa shape index (κ1) is 34.9. The topological polar surface area (TPSA) is 81.5 Å². The highest BCUT2D eigenvalue weighted by Gasteiger charge is 2.34. The van der Waals surface area contributed by atoms with Crippen LogP contribution in [0.5, 0.6) is 0 Å². The van der Waals surface area contributed by atoms with Crippen LogP contribution in [0, 0.1) is 6.92 Å². The first-order valence-electron chi connectivity index (χ1n) is 17.2. The first-order chi connectivity index (χ1) is 23.9. The lowest BCUT2D eigenvalue weighted by Crippen LogP contribution is -2.58. The van der Waals surface area contributed by atoms with Crippen molar-refractivity contribution in [2.75, 3.05) is 32.8 Å². The number of halogens is 3. The molecule has 2 aromatic heterocycles. The summed E-state index contributed by atoms with van der Waals surface area (Å²) < 4.78 is 42.2. The molecule has 0 unspecified atom stereocenters. The van der Waals surface area contributed by atoms with Crippen LogP contribution in [-0.2, 0) is 14.3 Å². The van der Waals surface area contributed by atoms with Gasteiger partial charge in [0.1, 0.15) is 5.01 Å². The summed E-state index contributed by atoms with van der Waals surface area (Å²) in [7, 11) is 0. The zero-order valence-corrected chi connectivity index (χ0v) is 30.5. The second kappa shape index (κ2) is 13.9. The molecule has 1 atom stereocenters. The number of nitrogens with zero attached hydrogens (tertiary/aromatic N) is 4. The van der Waals surface area contributed by atoms with Gasteiger partial charge in [-0.3, -0.25) is 4.90 Å². The van der Waals surface area contributed by atoms with Gasteiger partial charge in [0.2, 0.25) is 0 Å². The molecule has 7 rings (SSSR count). The molecule has 5 aromatic rings. The summed E-state index contributed by atoms with van der Waals surface area (Å²) in [6.45, 7) is 10.8. The Kier molecular flexibility index (Phi) is 9.73. The molecule has 8 nitrogen and oxygen atoms in total. The molecule has 4 heterocycles. The van der Waals surface area contributed by atoms with Crippen molar-refractivity contribution in [3.8, 4) is 21.7 Å². The van der Waals surface area contributed by atoms with Crippen LogP contribution >= 0.6 is 22.9 Å². The highest BCUT2D eigenvalue weighted by atomic mass is 35.5. The minimum atomic E-state index is -2.74. The van der Waals surface area contributed by atoms with Crippen LogP contribution in [0.2, 0.25) is 5.02 Å². The van der Waals surface area contributed by atoms with Crippen LogP contribution in [-0.4, -0.2) is 70.1 Å². The normalized spacial score (nSPS) is 17.1. The van der Waals surface area contributed by atoms with Crippen molar-refractivity contribution >= 4 is 50.0 Å². The Bertz CT molecular complexity index is 2030. The lowest BCUT2D eigenvalue weighted by atomic mass is 9.90. The number of likely N-dealkylation sites (tertiary alicyclic amines) is 1. The molecule has 0 amide bonds. The van der Waals surface area contributed by atoms with Crippen molar-refractivity contribution in [3.05, 3.63) is 70.4 Å². The molecule has 2 fully saturated rings. The summed E-state index contributed by atoms with van der Waals surface area (Å²) in [5.74, 6) is -0.370. The number of rotatable bonds is 9. The van der Waals surface area contributed by atoms with Crippen molar-refractivity contribution in [1.29, 1.82) is 0 Å². The van der Waals surface area contributed by atoms with Crippen LogP contribution in [0.15, 0.2) is 48.5 Å². The molecular formula is C38H42ClF2N5O3S. The number of benzene rings is 3. The average Bonchev–Trinajstić information content (AvgIpc) is 3.65. The standard InChI is InChI=1S/C38H42ClF2N5O3S/c1-6-48-36(47)33(49-38(3,4)5)30-21(2)17-28-34(31(30)22-7-10-25(39)11-8-22)50-35(43-28)24-9-12-29-27(18-24)32(44-46(29)37(40)41)23-13-15-45(16-14-23)26-19-42-20-26/h7-12,17-18,23,26,33,37,42H,6,13-16,19-20H2,1-5H3/t33-/m0/s1. The molecule has 50 heavy (non-hydrogen) atoms. The lowest BCUT2D eigenvalue weighted by Gasteiger charge is -2.42. The number of carbonyl (C=O) groups is 1. The van der Waals surface area contributed by atoms with Gasteiger partial charge in [-0.2, -0.15) is 13.9 Å². The fraction of sp³-hybridized carbons (Fsp3) is 0.447. The molecule has 264 valence electrons. The van der Waals surface area contributed by atoms with E-state index >= 15 is 0 Å². The smallest absolute Gasteiger partial charge is 0.339 e. The van der Waals surface area contributed by atoms with Crippen molar-refractivity contribution in [1.82, 2.24) is 25.0 Å². The number of aromatic nitrogens is 3. The second-order valence-electron chi connectivity index (χ2n) is 14.2. The molecule has 2 aliphatic heterocycles. The van der Waals surface area contributed by atoms with E-state index in [0.29, 0.717) is 22.1 Å². The maximum atomic E-state index is 14.3. The fourth-order valence-electron chi connectivity index (χ4n) is 7.19. The minimum Gasteiger partial charge on any atom is -0.464 e. The van der Waals surface area contributed by atoms with Crippen LogP contribution in [0.25, 0.3) is 42.8 Å². The molecule has 0 radical (unpaired) electrons. The third kappa shape index (κ3) is 6.78. The van der Waals surface area contributed by atoms with Gasteiger partial charge in [-0.05, 0) is 108 Å². The van der Waals surface area contributed by atoms with Crippen LogP contribution in [0.4, 0.5) is 8.78 Å². The quantitative estimate of drug-likeness (QED) is 0.152. The third-order valence-electron chi connectivity index (χ3n) is 9.65. The van der Waals surface area contributed by atoms with Crippen LogP contribution < -0.4 is 5.32 Å². The van der Waals surface area contributed by atoms with Gasteiger partial charge in [-0.15, -0.1) is 11.3 Å². The molecule has 2 saturated heterocycles. The van der Waals surface area contributed by atoms with Crippen molar-refractivity contribution in [3.63, 3.8) is 0 Å². The summed E-state index contributed by atoms with van der Waals surface area (Å²) in [5.41, 5.74) is 5.31. The van der Waals surface area contributed by atoms with E-state index < -0.39 is 24.2 Å². The van der Waals surface area contributed by atoms with Gasteiger partial charge in [-0.25, -0.2) is 14.5 Å². The van der Waals surface area contributed by atoms with Crippen molar-refractivity contribution in [2.24, 2.45) is 0 Å². The average molecular weight is 722 g/mol. The maximum absolute atomic E-state index is 14.3. The van der Waals surface area contributed by atoms with Gasteiger partial charge in [0.25, 0.3) is 0 Å². The summed E-state index contributed by atoms with van der Waals surface area (Å²) in [6.07, 6.45) is 0.769. The van der Waals surface area contributed by atoms with Gasteiger partial charge >= 0.3 is 12.5 Å². The van der Waals surface area contributed by atoms with E-state index in [-0.39, 0.29) is 12.5 Å². The van der Waals surface area contributed by atoms with Gasteiger partial charge < -0.3 is 14.8 Å². The van der Waals surface area contributed by atoms with E-state index in [2.05, 4.69) is 15.3 Å². The first-order valence-corrected chi connectivity index (χ1v) is 18.4. The molecule has 2 aliphatic rings. The number of nitrogens with one attached hydrogen (secondary N) is 1. The molecule has 0 bridgehead atoms. The number of aryl methyl sites for hydroxylation is 1. The highest BCUT2D eigenvalue weighted by Crippen LogP contribution is 2.45. The minimum absolute atomic E-state index is 0.0942. The predicted molar refractivity (Wildman–Crippen MR) is 195 cm³/mol. The van der Waals surface area contributed by atoms with Crippen LogP contribution in [0.3, 0.4) is 0 Å². The maximum Gasteiger partial charge on any atom is 0.339 e. The lowest BCUT2D eigenvalue weighted by molar-refractivity contribution is -0.166. The largest absolute Gasteiger partial charge is 0.464 e. The number of thiazole rings is 1. The zero-order chi connectivity index (χ0) is 35.3. The van der Waals surface area contributed by atoms with Gasteiger partial charge in [-0.1, -0.05) is 23.7 Å². The number of hydrogen-bond donors (Lipinski definition) is 1. The predicted octanol–water partition coefficient (Wildman–Crippen LogP) is 8.91. The Morgan fingerprint density at radius 3 is 2.40 bits per heavy atom. The van der Waals surface area contributed by atoms with Gasteiger partial charge in [0.15, 0.2) is 6.10 Å². The summed E-state index contributed by atoms with van der Waals surface area (Å²) in [4.78, 5) is 21.1. The van der Waals surface area contributed by atoms with Crippen molar-refractivity contribution < 1.29 is 23.0 Å². The molecule has 0 spiro atoms. The van der Waals surface area contributed by atoms with E-state index in [9.17, 15) is 13.6 Å². The molecule has 3 aromatic carbocycles. The Balaban J connectivity index is 1.35. The number of carbonyl (C=O) groups excluding carboxylic acids is 1. The highest BCUT2D eigenvalue weighted by molar-refractivity contribution is 7.22. The molecule has 12 heteroatoms. The van der Waals surface area contributed by atoms with Crippen molar-refractivity contribution in [2.45, 2.75) is 77.7 Å². The van der Waals surface area contributed by atoms with E-state index in [1.165, 1.54) is 11.3 Å². The van der Waals surface area contributed by atoms with E-state index in [4.69, 9.17) is 26.1 Å². The molecule has 1 N–H and O–H groups in total. The number of fused-ring (bicyclic) bond motifs is 2. The number of piperidine rings is 1. The van der Waals surface area contributed by atoms with Gasteiger partial charge in [0.05, 0.1) is 33.6 Å². The third-order valence-corrected chi connectivity index (χ3v) is 11.0. The Morgan fingerprint density at radius 2 is 1.78 bits per heavy atom. The van der Waals surface area contributed by atoms with Crippen LogP contribution in [0.1, 0.15) is 75.9 Å². The van der Waals surface area contributed by atoms with Gasteiger partial charge in [0, 0.05) is 52.1 Å². The molecular weight excluding hydrogens is 680 g/mol. The number of alkyl halides is 2. The van der Waals surface area contributed by atoms with E-state index in [1.807, 2.05) is 70.2 Å². The van der Waals surface area contributed by atoms with E-state index in [1.54, 1.807) is 13.0 Å². The molecule has 0 saturated carbocycles. The summed E-state index contributed by atoms with van der Waals surface area (Å²) >= 11 is 7.81.